The summed E-state index contributed by atoms with van der Waals surface area (Å²) in [6.45, 7) is 5.04. The molecule has 3 nitrogen and oxygen atoms in total. The number of carbonyl (C=O) groups excluding carboxylic acids is 1. The first kappa shape index (κ1) is 27.2. The van der Waals surface area contributed by atoms with E-state index in [9.17, 15) is 31.1 Å². The lowest BCUT2D eigenvalue weighted by atomic mass is 9.82. The fourth-order valence-corrected chi connectivity index (χ4v) is 4.06. The molecule has 0 radical (unpaired) electrons. The molecule has 1 atom stereocenters. The molecule has 36 heavy (non-hydrogen) atoms. The molecule has 0 saturated heterocycles. The number of nitrogens with zero attached hydrogens (tertiary/aromatic N) is 1. The average molecular weight is 509 g/mol. The molecule has 1 unspecified atom stereocenters. The number of hydrogen-bond acceptors (Lipinski definition) is 3. The zero-order valence-corrected chi connectivity index (χ0v) is 19.9. The Balaban J connectivity index is 2.43. The number of ether oxygens (including phenoxy) is 1. The molecule has 0 aliphatic heterocycles. The van der Waals surface area contributed by atoms with Gasteiger partial charge in [0, 0.05) is 5.56 Å². The zero-order chi connectivity index (χ0) is 26.7. The molecule has 0 amide bonds. The van der Waals surface area contributed by atoms with E-state index in [0.717, 1.165) is 12.1 Å². The number of esters is 1. The van der Waals surface area contributed by atoms with Gasteiger partial charge in [-0.2, -0.15) is 26.3 Å². The first-order valence-corrected chi connectivity index (χ1v) is 11.3. The third-order valence-electron chi connectivity index (χ3n) is 5.53. The second-order valence-corrected chi connectivity index (χ2v) is 8.69. The predicted molar refractivity (Wildman–Crippen MR) is 124 cm³/mol. The number of benzene rings is 2. The fraction of sp³-hybridized carbons (Fsp3) is 0.333. The van der Waals surface area contributed by atoms with Gasteiger partial charge in [-0.05, 0) is 60.2 Å². The average Bonchev–Trinajstić information content (AvgIpc) is 2.81. The van der Waals surface area contributed by atoms with Crippen LogP contribution in [0.5, 0.6) is 0 Å². The molecule has 9 heteroatoms. The van der Waals surface area contributed by atoms with Crippen molar-refractivity contribution in [1.29, 1.82) is 0 Å². The van der Waals surface area contributed by atoms with E-state index in [4.69, 9.17) is 4.74 Å². The van der Waals surface area contributed by atoms with E-state index in [1.807, 2.05) is 0 Å². The van der Waals surface area contributed by atoms with E-state index >= 15 is 0 Å². The third kappa shape index (κ3) is 6.25. The van der Waals surface area contributed by atoms with Gasteiger partial charge < -0.3 is 4.74 Å². The van der Waals surface area contributed by atoms with Crippen molar-refractivity contribution in [3.05, 3.63) is 77.5 Å². The van der Waals surface area contributed by atoms with Crippen molar-refractivity contribution in [2.45, 2.75) is 45.5 Å². The molecular weight excluding hydrogens is 484 g/mol. The molecule has 2 aromatic carbocycles. The van der Waals surface area contributed by atoms with Gasteiger partial charge in [-0.15, -0.1) is 0 Å². The van der Waals surface area contributed by atoms with Crippen molar-refractivity contribution in [3.63, 3.8) is 0 Å². The summed E-state index contributed by atoms with van der Waals surface area (Å²) >= 11 is 0. The maximum Gasteiger partial charge on any atom is 0.433 e. The molecule has 0 aliphatic rings. The quantitative estimate of drug-likeness (QED) is 0.238. The minimum Gasteiger partial charge on any atom is -0.466 e. The highest BCUT2D eigenvalue weighted by atomic mass is 19.4. The summed E-state index contributed by atoms with van der Waals surface area (Å²) in [5.74, 6) is -2.28. The third-order valence-corrected chi connectivity index (χ3v) is 5.53. The van der Waals surface area contributed by atoms with Gasteiger partial charge in [-0.1, -0.05) is 50.2 Å². The smallest absolute Gasteiger partial charge is 0.433 e. The first-order chi connectivity index (χ1) is 16.8. The number of halogens is 6. The van der Waals surface area contributed by atoms with Crippen LogP contribution in [0.3, 0.4) is 0 Å². The lowest BCUT2D eigenvalue weighted by Crippen LogP contribution is -2.23. The van der Waals surface area contributed by atoms with Gasteiger partial charge >= 0.3 is 18.3 Å². The van der Waals surface area contributed by atoms with Crippen LogP contribution in [0.1, 0.15) is 49.9 Å². The lowest BCUT2D eigenvalue weighted by Gasteiger charge is -2.25. The second kappa shape index (κ2) is 10.7. The SMILES string of the molecule is CCOC(=O)C(CC(C)C)c1cc(-c2ccccc2)cc(-c2cccc(C(F)(F)F)n2)c1C(F)(F)F. The Hall–Kier alpha value is -3.36. The Kier molecular flexibility index (Phi) is 8.11. The van der Waals surface area contributed by atoms with Crippen molar-refractivity contribution < 1.29 is 35.9 Å². The van der Waals surface area contributed by atoms with E-state index in [1.165, 1.54) is 12.1 Å². The normalized spacial score (nSPS) is 13.1. The monoisotopic (exact) mass is 509 g/mol. The molecule has 192 valence electrons. The van der Waals surface area contributed by atoms with Gasteiger partial charge in [0.15, 0.2) is 0 Å². The highest BCUT2D eigenvalue weighted by Gasteiger charge is 2.41. The van der Waals surface area contributed by atoms with Crippen molar-refractivity contribution in [1.82, 2.24) is 4.98 Å². The number of hydrogen-bond donors (Lipinski definition) is 0. The van der Waals surface area contributed by atoms with Crippen molar-refractivity contribution in [3.8, 4) is 22.4 Å². The summed E-state index contributed by atoms with van der Waals surface area (Å²) in [6.07, 6.45) is -9.79. The summed E-state index contributed by atoms with van der Waals surface area (Å²) < 4.78 is 89.0. The highest BCUT2D eigenvalue weighted by molar-refractivity contribution is 5.83. The van der Waals surface area contributed by atoms with E-state index < -0.39 is 46.8 Å². The van der Waals surface area contributed by atoms with E-state index in [-0.39, 0.29) is 24.5 Å². The number of rotatable bonds is 7. The highest BCUT2D eigenvalue weighted by Crippen LogP contribution is 2.45. The van der Waals surface area contributed by atoms with Crippen LogP contribution in [0.15, 0.2) is 60.7 Å². The fourth-order valence-electron chi connectivity index (χ4n) is 4.06. The summed E-state index contributed by atoms with van der Waals surface area (Å²) in [5, 5.41) is 0. The van der Waals surface area contributed by atoms with E-state index in [1.54, 1.807) is 51.1 Å². The maximum absolute atomic E-state index is 14.6. The van der Waals surface area contributed by atoms with Crippen LogP contribution in [0.2, 0.25) is 0 Å². The molecule has 0 N–H and O–H groups in total. The van der Waals surface area contributed by atoms with Crippen LogP contribution >= 0.6 is 0 Å². The predicted octanol–water partition coefficient (Wildman–Crippen LogP) is 8.15. The van der Waals surface area contributed by atoms with Crippen LogP contribution < -0.4 is 0 Å². The molecule has 3 rings (SSSR count). The maximum atomic E-state index is 14.6. The van der Waals surface area contributed by atoms with Crippen LogP contribution in [0.4, 0.5) is 26.3 Å². The van der Waals surface area contributed by atoms with Gasteiger partial charge in [0.25, 0.3) is 0 Å². The Morgan fingerprint density at radius 2 is 1.56 bits per heavy atom. The topological polar surface area (TPSA) is 39.2 Å². The van der Waals surface area contributed by atoms with E-state index in [0.29, 0.717) is 17.2 Å². The van der Waals surface area contributed by atoms with Gasteiger partial charge in [-0.3, -0.25) is 4.79 Å². The molecule has 1 heterocycles. The standard InChI is InChI=1S/C27H25F6NO2/c1-4-36-25(35)20(13-16(2)3)19-14-18(17-9-6-5-7-10-17)15-21(24(19)27(31,32)33)22-11-8-12-23(34-22)26(28,29)30/h5-12,14-16,20H,4,13H2,1-3H3. The summed E-state index contributed by atoms with van der Waals surface area (Å²) in [7, 11) is 0. The molecule has 3 aromatic rings. The Morgan fingerprint density at radius 3 is 2.11 bits per heavy atom. The molecule has 0 bridgehead atoms. The molecule has 0 spiro atoms. The number of aromatic nitrogens is 1. The first-order valence-electron chi connectivity index (χ1n) is 11.3. The van der Waals surface area contributed by atoms with Crippen molar-refractivity contribution >= 4 is 5.97 Å². The number of carbonyl (C=O) groups is 1. The van der Waals surface area contributed by atoms with Crippen molar-refractivity contribution in [2.24, 2.45) is 5.92 Å². The molecular formula is C27H25F6NO2. The van der Waals surface area contributed by atoms with Crippen LogP contribution in [-0.2, 0) is 21.9 Å². The lowest BCUT2D eigenvalue weighted by molar-refractivity contribution is -0.146. The van der Waals surface area contributed by atoms with Crippen LogP contribution in [-0.4, -0.2) is 17.6 Å². The summed E-state index contributed by atoms with van der Waals surface area (Å²) in [4.78, 5) is 16.4. The Bertz CT molecular complexity index is 1200. The molecule has 0 fully saturated rings. The Morgan fingerprint density at radius 1 is 0.889 bits per heavy atom. The van der Waals surface area contributed by atoms with Crippen molar-refractivity contribution in [2.75, 3.05) is 6.61 Å². The zero-order valence-electron chi connectivity index (χ0n) is 19.9. The number of alkyl halides is 6. The minimum absolute atomic E-state index is 0.0325. The van der Waals surface area contributed by atoms with Gasteiger partial charge in [0.2, 0.25) is 0 Å². The number of pyridine rings is 1. The largest absolute Gasteiger partial charge is 0.466 e. The molecule has 0 saturated carbocycles. The summed E-state index contributed by atoms with van der Waals surface area (Å²) in [6, 6.07) is 13.7. The second-order valence-electron chi connectivity index (χ2n) is 8.69. The van der Waals surface area contributed by atoms with Gasteiger partial charge in [-0.25, -0.2) is 4.98 Å². The minimum atomic E-state index is -4.99. The molecule has 0 aliphatic carbocycles. The van der Waals surface area contributed by atoms with E-state index in [2.05, 4.69) is 4.98 Å². The van der Waals surface area contributed by atoms with Crippen LogP contribution in [0, 0.1) is 5.92 Å². The Labute approximate surface area is 205 Å². The van der Waals surface area contributed by atoms with Gasteiger partial charge in [0.1, 0.15) is 5.69 Å². The van der Waals surface area contributed by atoms with Gasteiger partial charge in [0.05, 0.1) is 23.8 Å². The summed E-state index contributed by atoms with van der Waals surface area (Å²) in [5.41, 5.74) is -3.06. The van der Waals surface area contributed by atoms with Crippen LogP contribution in [0.25, 0.3) is 22.4 Å². The molecule has 1 aromatic heterocycles.